The van der Waals surface area contributed by atoms with Crippen LogP contribution < -0.4 is 5.73 Å². The third kappa shape index (κ3) is 3.08. The number of Topliss-reactive ketones (excluding diaryl/α,β-unsaturated/α-hetero) is 1. The lowest BCUT2D eigenvalue weighted by molar-refractivity contribution is -0.126. The van der Waals surface area contributed by atoms with Crippen LogP contribution in [0.2, 0.25) is 0 Å². The molecule has 8 nitrogen and oxygen atoms in total. The number of phenolic OH excluding ortho intramolecular Hbond substituents is 1. The minimum Gasteiger partial charge on any atom is -0.507 e. The number of aliphatic hydroxyl groups excluding tert-OH is 3. The summed E-state index contributed by atoms with van der Waals surface area (Å²) in [5.41, 5.74) is 7.51. The first kappa shape index (κ1) is 22.5. The second-order valence-corrected chi connectivity index (χ2v) is 9.69. The van der Waals surface area contributed by atoms with E-state index in [-0.39, 0.29) is 34.3 Å². The SMILES string of the molecule is CCN(CC)[C@H]1C(=O)C(C(N)=O)=C(O)C2=C(O)C3=C(O)c4c(O)ccc(C5CC5)c4CC3C[C@H]21. The lowest BCUT2D eigenvalue weighted by Crippen LogP contribution is -2.53. The maximum Gasteiger partial charge on any atom is 0.256 e. The summed E-state index contributed by atoms with van der Waals surface area (Å²) in [5.74, 6) is -3.34. The van der Waals surface area contributed by atoms with Crippen molar-refractivity contribution in [2.24, 2.45) is 17.6 Å². The molecule has 0 aromatic heterocycles. The van der Waals surface area contributed by atoms with E-state index in [2.05, 4.69) is 0 Å². The van der Waals surface area contributed by atoms with Crippen molar-refractivity contribution < 1.29 is 30.0 Å². The van der Waals surface area contributed by atoms with E-state index in [0.717, 1.165) is 24.0 Å². The lowest BCUT2D eigenvalue weighted by atomic mass is 9.64. The zero-order chi connectivity index (χ0) is 24.5. The van der Waals surface area contributed by atoms with E-state index >= 15 is 0 Å². The van der Waals surface area contributed by atoms with Gasteiger partial charge in [0.15, 0.2) is 5.78 Å². The number of carbonyl (C=O) groups excluding carboxylic acids is 2. The number of primary amides is 1. The summed E-state index contributed by atoms with van der Waals surface area (Å²) in [6.45, 7) is 4.88. The summed E-state index contributed by atoms with van der Waals surface area (Å²) in [4.78, 5) is 27.4. The number of nitrogens with zero attached hydrogens (tertiary/aromatic N) is 1. The molecule has 0 bridgehead atoms. The van der Waals surface area contributed by atoms with Gasteiger partial charge in [0.1, 0.15) is 28.6 Å². The first-order chi connectivity index (χ1) is 16.2. The number of aromatic hydroxyl groups is 1. The summed E-state index contributed by atoms with van der Waals surface area (Å²) < 4.78 is 0. The van der Waals surface area contributed by atoms with Crippen LogP contribution in [0.25, 0.3) is 5.76 Å². The number of phenols is 1. The van der Waals surface area contributed by atoms with Crippen molar-refractivity contribution in [1.29, 1.82) is 0 Å². The molecule has 1 amide bonds. The Morgan fingerprint density at radius 2 is 1.68 bits per heavy atom. The van der Waals surface area contributed by atoms with Gasteiger partial charge in [-0.1, -0.05) is 19.9 Å². The fourth-order valence-corrected chi connectivity index (χ4v) is 6.27. The van der Waals surface area contributed by atoms with E-state index in [1.165, 1.54) is 0 Å². The molecule has 4 aliphatic rings. The molecule has 1 aromatic carbocycles. The Labute approximate surface area is 197 Å². The smallest absolute Gasteiger partial charge is 0.256 e. The summed E-state index contributed by atoms with van der Waals surface area (Å²) in [7, 11) is 0. The minimum atomic E-state index is -1.06. The fraction of sp³-hybridized carbons (Fsp3) is 0.462. The number of benzene rings is 1. The predicted molar refractivity (Wildman–Crippen MR) is 125 cm³/mol. The van der Waals surface area contributed by atoms with Gasteiger partial charge in [0.2, 0.25) is 0 Å². The van der Waals surface area contributed by atoms with Gasteiger partial charge >= 0.3 is 0 Å². The number of amides is 1. The van der Waals surface area contributed by atoms with Gasteiger partial charge in [-0.05, 0) is 67.8 Å². The maximum absolute atomic E-state index is 13.4. The standard InChI is InChI=1S/C26H30N2O6/c1-3-28(4-2)21-15-10-12-9-14-13(11-5-6-11)7-8-16(29)18(14)22(30)17(12)23(31)19(15)24(32)20(25(21)33)26(27)34/h7-8,11-12,15,21,29-32H,3-6,9-10H2,1-2H3,(H2,27,34)/t12?,15-,21-/m1/s1. The molecule has 1 saturated carbocycles. The van der Waals surface area contributed by atoms with Crippen LogP contribution in [0.5, 0.6) is 5.75 Å². The van der Waals surface area contributed by atoms with E-state index in [4.69, 9.17) is 5.73 Å². The number of fused-ring (bicyclic) bond motifs is 3. The highest BCUT2D eigenvalue weighted by molar-refractivity contribution is 6.22. The first-order valence-electron chi connectivity index (χ1n) is 11.9. The average molecular weight is 467 g/mol. The molecule has 180 valence electrons. The molecule has 1 aromatic rings. The van der Waals surface area contributed by atoms with E-state index < -0.39 is 35.0 Å². The van der Waals surface area contributed by atoms with Crippen molar-refractivity contribution in [1.82, 2.24) is 4.90 Å². The Hall–Kier alpha value is -3.26. The molecule has 0 spiro atoms. The molecule has 1 fully saturated rings. The number of carbonyl (C=O) groups is 2. The number of ketones is 1. The Morgan fingerprint density at radius 1 is 1.00 bits per heavy atom. The molecular weight excluding hydrogens is 436 g/mol. The van der Waals surface area contributed by atoms with Crippen LogP contribution >= 0.6 is 0 Å². The molecule has 0 radical (unpaired) electrons. The number of hydrogen-bond donors (Lipinski definition) is 5. The van der Waals surface area contributed by atoms with Crippen molar-refractivity contribution >= 4 is 17.4 Å². The highest BCUT2D eigenvalue weighted by atomic mass is 16.3. The number of allylic oxidation sites excluding steroid dienone is 2. The van der Waals surface area contributed by atoms with Gasteiger partial charge in [-0.3, -0.25) is 14.5 Å². The summed E-state index contributed by atoms with van der Waals surface area (Å²) >= 11 is 0. The second-order valence-electron chi connectivity index (χ2n) is 9.69. The molecule has 3 atom stereocenters. The van der Waals surface area contributed by atoms with E-state index in [1.807, 2.05) is 24.8 Å². The maximum atomic E-state index is 13.4. The Kier molecular flexibility index (Phi) is 5.24. The average Bonchev–Trinajstić information content (AvgIpc) is 3.61. The van der Waals surface area contributed by atoms with Crippen molar-refractivity contribution in [3.05, 3.63) is 57.1 Å². The van der Waals surface area contributed by atoms with Crippen LogP contribution in [0.3, 0.4) is 0 Å². The van der Waals surface area contributed by atoms with Crippen molar-refractivity contribution in [2.75, 3.05) is 13.1 Å². The Bertz CT molecular complexity index is 1200. The number of rotatable bonds is 5. The molecule has 8 heteroatoms. The van der Waals surface area contributed by atoms with Crippen LogP contribution in [-0.2, 0) is 16.0 Å². The molecule has 5 rings (SSSR count). The first-order valence-corrected chi connectivity index (χ1v) is 11.9. The van der Waals surface area contributed by atoms with Crippen LogP contribution in [0.4, 0.5) is 0 Å². The Balaban J connectivity index is 1.75. The molecular formula is C26H30N2O6. The van der Waals surface area contributed by atoms with Crippen molar-refractivity contribution in [3.8, 4) is 5.75 Å². The molecule has 0 saturated heterocycles. The van der Waals surface area contributed by atoms with Gasteiger partial charge in [0.05, 0.1) is 11.6 Å². The summed E-state index contributed by atoms with van der Waals surface area (Å²) in [5, 5.41) is 44.2. The van der Waals surface area contributed by atoms with Crippen LogP contribution in [0, 0.1) is 11.8 Å². The zero-order valence-corrected chi connectivity index (χ0v) is 19.3. The number of aliphatic hydroxyl groups is 3. The molecule has 6 N–H and O–H groups in total. The van der Waals surface area contributed by atoms with Crippen LogP contribution in [-0.4, -0.2) is 56.1 Å². The topological polar surface area (TPSA) is 144 Å². The Morgan fingerprint density at radius 3 is 2.26 bits per heavy atom. The van der Waals surface area contributed by atoms with E-state index in [0.29, 0.717) is 37.4 Å². The van der Waals surface area contributed by atoms with Gasteiger partial charge in [0.25, 0.3) is 5.91 Å². The zero-order valence-electron chi connectivity index (χ0n) is 19.3. The highest BCUT2D eigenvalue weighted by Gasteiger charge is 2.51. The van der Waals surface area contributed by atoms with Crippen molar-refractivity contribution in [2.45, 2.75) is 51.5 Å². The third-order valence-corrected chi connectivity index (χ3v) is 7.95. The molecule has 4 aliphatic carbocycles. The van der Waals surface area contributed by atoms with Crippen LogP contribution in [0.15, 0.2) is 40.4 Å². The van der Waals surface area contributed by atoms with Crippen LogP contribution in [0.1, 0.15) is 55.7 Å². The molecule has 0 heterocycles. The van der Waals surface area contributed by atoms with E-state index in [9.17, 15) is 30.0 Å². The summed E-state index contributed by atoms with van der Waals surface area (Å²) in [6, 6.07) is 2.71. The molecule has 34 heavy (non-hydrogen) atoms. The molecule has 1 unspecified atom stereocenters. The van der Waals surface area contributed by atoms with E-state index in [1.54, 1.807) is 6.07 Å². The van der Waals surface area contributed by atoms with Crippen molar-refractivity contribution in [3.63, 3.8) is 0 Å². The monoisotopic (exact) mass is 466 g/mol. The fourth-order valence-electron chi connectivity index (χ4n) is 6.27. The lowest BCUT2D eigenvalue weighted by Gasteiger charge is -2.44. The summed E-state index contributed by atoms with van der Waals surface area (Å²) in [6.07, 6.45) is 3.00. The van der Waals surface area contributed by atoms with Gasteiger partial charge in [-0.15, -0.1) is 0 Å². The normalized spacial score (nSPS) is 26.6. The third-order valence-electron chi connectivity index (χ3n) is 7.95. The largest absolute Gasteiger partial charge is 0.507 e. The van der Waals surface area contributed by atoms with Gasteiger partial charge < -0.3 is 26.2 Å². The quantitative estimate of drug-likeness (QED) is 0.419. The number of likely N-dealkylation sites (N-methyl/N-ethyl adjacent to an activating group) is 1. The van der Waals surface area contributed by atoms with Gasteiger partial charge in [-0.2, -0.15) is 0 Å². The molecule has 0 aliphatic heterocycles. The second kappa shape index (κ2) is 7.91. The number of hydrogen-bond acceptors (Lipinski definition) is 7. The number of nitrogens with two attached hydrogens (primary N) is 1. The predicted octanol–water partition coefficient (Wildman–Crippen LogP) is 3.13. The highest BCUT2D eigenvalue weighted by Crippen LogP contribution is 2.54. The minimum absolute atomic E-state index is 0.0596. The van der Waals surface area contributed by atoms with Gasteiger partial charge in [-0.25, -0.2) is 0 Å². The van der Waals surface area contributed by atoms with Gasteiger partial charge in [0, 0.05) is 17.1 Å².